The van der Waals surface area contributed by atoms with Crippen LogP contribution in [0, 0.1) is 5.21 Å². The number of amides is 1. The van der Waals surface area contributed by atoms with E-state index in [1.165, 1.54) is 51.4 Å². The zero-order valence-corrected chi connectivity index (χ0v) is 16.6. The number of nitrogens with one attached hydrogen (secondary N) is 1. The molecule has 4 heteroatoms. The minimum absolute atomic E-state index is 0.199. The molecule has 0 aliphatic rings. The van der Waals surface area contributed by atoms with Crippen LogP contribution in [0.4, 0.5) is 0 Å². The fourth-order valence-electron chi connectivity index (χ4n) is 2.88. The Morgan fingerprint density at radius 3 is 1.88 bits per heavy atom. The highest BCUT2D eigenvalue weighted by molar-refractivity contribution is 5.75. The Morgan fingerprint density at radius 1 is 0.792 bits per heavy atom. The molecular weight excluding hydrogens is 300 g/mol. The van der Waals surface area contributed by atoms with Gasteiger partial charge in [0.2, 0.25) is 5.91 Å². The van der Waals surface area contributed by atoms with E-state index < -0.39 is 0 Å². The number of carbonyl (C=O) groups is 1. The average Bonchev–Trinajstić information content (AvgIpc) is 2.51. The summed E-state index contributed by atoms with van der Waals surface area (Å²) in [6.07, 6.45) is 16.5. The maximum atomic E-state index is 11.7. The summed E-state index contributed by atoms with van der Waals surface area (Å²) in [5.41, 5.74) is 0. The van der Waals surface area contributed by atoms with Crippen LogP contribution in [0.3, 0.4) is 0 Å². The first-order valence-corrected chi connectivity index (χ1v) is 10.3. The molecule has 0 atom stereocenters. The Bertz CT molecular complexity index is 288. The number of hydroxylamine groups is 3. The minimum atomic E-state index is -0.199. The third-order valence-electron chi connectivity index (χ3n) is 4.45. The van der Waals surface area contributed by atoms with Gasteiger partial charge in [0.1, 0.15) is 0 Å². The van der Waals surface area contributed by atoms with Gasteiger partial charge in [0.15, 0.2) is 0 Å². The zero-order chi connectivity index (χ0) is 18.1. The first-order chi connectivity index (χ1) is 11.5. The van der Waals surface area contributed by atoms with E-state index in [0.29, 0.717) is 13.0 Å². The van der Waals surface area contributed by atoms with E-state index in [9.17, 15) is 10.0 Å². The van der Waals surface area contributed by atoms with Gasteiger partial charge in [-0.15, -0.1) is 0 Å². The van der Waals surface area contributed by atoms with E-state index in [1.807, 2.05) is 0 Å². The minimum Gasteiger partial charge on any atom is -0.633 e. The van der Waals surface area contributed by atoms with Crippen LogP contribution >= 0.6 is 0 Å². The van der Waals surface area contributed by atoms with Crippen LogP contribution in [0.25, 0.3) is 0 Å². The van der Waals surface area contributed by atoms with Gasteiger partial charge in [0.05, 0.1) is 20.6 Å². The van der Waals surface area contributed by atoms with Gasteiger partial charge < -0.3 is 15.2 Å². The monoisotopic (exact) mass is 342 g/mol. The molecule has 4 nitrogen and oxygen atoms in total. The van der Waals surface area contributed by atoms with Crippen molar-refractivity contribution in [2.45, 2.75) is 96.8 Å². The SMILES string of the molecule is CCCCCCCCCCCC(=O)NCCCCCC[N+](C)(C)[O-]. The van der Waals surface area contributed by atoms with Crippen LogP contribution in [0.1, 0.15) is 96.8 Å². The molecule has 0 fully saturated rings. The molecule has 0 aliphatic heterocycles. The first-order valence-electron chi connectivity index (χ1n) is 10.3. The van der Waals surface area contributed by atoms with Crippen LogP contribution in [-0.4, -0.2) is 37.7 Å². The Morgan fingerprint density at radius 2 is 1.29 bits per heavy atom. The molecule has 0 bridgehead atoms. The maximum absolute atomic E-state index is 11.7. The van der Waals surface area contributed by atoms with Gasteiger partial charge in [0, 0.05) is 13.0 Å². The number of unbranched alkanes of at least 4 members (excludes halogenated alkanes) is 11. The van der Waals surface area contributed by atoms with Crippen LogP contribution in [0.15, 0.2) is 0 Å². The molecule has 0 spiro atoms. The largest absolute Gasteiger partial charge is 0.633 e. The fourth-order valence-corrected chi connectivity index (χ4v) is 2.88. The maximum Gasteiger partial charge on any atom is 0.219 e. The molecular formula is C20H42N2O2. The smallest absolute Gasteiger partial charge is 0.219 e. The second kappa shape index (κ2) is 15.9. The summed E-state index contributed by atoms with van der Waals surface area (Å²) in [6.45, 7) is 3.72. The predicted molar refractivity (Wildman–Crippen MR) is 104 cm³/mol. The lowest BCUT2D eigenvalue weighted by atomic mass is 10.1. The zero-order valence-electron chi connectivity index (χ0n) is 16.6. The van der Waals surface area contributed by atoms with Crippen molar-refractivity contribution in [2.24, 2.45) is 0 Å². The molecule has 0 radical (unpaired) electrons. The number of hydrogen-bond donors (Lipinski definition) is 1. The average molecular weight is 343 g/mol. The summed E-state index contributed by atoms with van der Waals surface area (Å²) < 4.78 is -0.199. The number of carbonyl (C=O) groups excluding carboxylic acids is 1. The molecule has 0 aromatic rings. The topological polar surface area (TPSA) is 52.2 Å². The molecule has 144 valence electrons. The summed E-state index contributed by atoms with van der Waals surface area (Å²) in [7, 11) is 3.37. The molecule has 0 saturated heterocycles. The summed E-state index contributed by atoms with van der Waals surface area (Å²) in [6, 6.07) is 0. The molecule has 0 aromatic heterocycles. The van der Waals surface area contributed by atoms with Crippen molar-refractivity contribution in [1.82, 2.24) is 5.32 Å². The second-order valence-corrected chi connectivity index (χ2v) is 7.64. The molecule has 1 N–H and O–H groups in total. The molecule has 24 heavy (non-hydrogen) atoms. The Labute approximate surface area is 150 Å². The summed E-state index contributed by atoms with van der Waals surface area (Å²) in [4.78, 5) is 11.7. The fraction of sp³-hybridized carbons (Fsp3) is 0.950. The third kappa shape index (κ3) is 19.4. The lowest BCUT2D eigenvalue weighted by molar-refractivity contribution is -0.840. The Hall–Kier alpha value is -0.610. The van der Waals surface area contributed by atoms with Gasteiger partial charge in [-0.05, 0) is 25.7 Å². The normalized spacial score (nSPS) is 11.7. The predicted octanol–water partition coefficient (Wildman–Crippen LogP) is 5.16. The first kappa shape index (κ1) is 23.4. The van der Waals surface area contributed by atoms with Crippen LogP contribution in [0.5, 0.6) is 0 Å². The molecule has 0 saturated carbocycles. The van der Waals surface area contributed by atoms with E-state index in [-0.39, 0.29) is 10.6 Å². The Balaban J connectivity index is 3.21. The van der Waals surface area contributed by atoms with E-state index in [0.717, 1.165) is 38.6 Å². The number of nitrogens with zero attached hydrogens (tertiary/aromatic N) is 1. The lowest BCUT2D eigenvalue weighted by Crippen LogP contribution is -2.33. The van der Waals surface area contributed by atoms with E-state index in [1.54, 1.807) is 14.1 Å². The van der Waals surface area contributed by atoms with Crippen molar-refractivity contribution in [3.63, 3.8) is 0 Å². The third-order valence-corrected chi connectivity index (χ3v) is 4.45. The second-order valence-electron chi connectivity index (χ2n) is 7.64. The number of quaternary nitrogens is 1. The van der Waals surface area contributed by atoms with Gasteiger partial charge in [-0.2, -0.15) is 0 Å². The van der Waals surface area contributed by atoms with Gasteiger partial charge in [-0.25, -0.2) is 0 Å². The van der Waals surface area contributed by atoms with Crippen molar-refractivity contribution in [3.8, 4) is 0 Å². The molecule has 0 heterocycles. The molecule has 0 aliphatic carbocycles. The van der Waals surface area contributed by atoms with Crippen LogP contribution in [0.2, 0.25) is 0 Å². The van der Waals surface area contributed by atoms with Crippen LogP contribution in [-0.2, 0) is 4.79 Å². The van der Waals surface area contributed by atoms with Gasteiger partial charge in [-0.3, -0.25) is 4.79 Å². The molecule has 0 rings (SSSR count). The highest BCUT2D eigenvalue weighted by atomic mass is 16.5. The van der Waals surface area contributed by atoms with E-state index >= 15 is 0 Å². The summed E-state index contributed by atoms with van der Waals surface area (Å²) in [5.74, 6) is 0.204. The lowest BCUT2D eigenvalue weighted by Gasteiger charge is -2.33. The van der Waals surface area contributed by atoms with Crippen molar-refractivity contribution >= 4 is 5.91 Å². The highest BCUT2D eigenvalue weighted by Crippen LogP contribution is 2.10. The van der Waals surface area contributed by atoms with E-state index in [4.69, 9.17) is 0 Å². The highest BCUT2D eigenvalue weighted by Gasteiger charge is 2.02. The molecule has 1 amide bonds. The summed E-state index contributed by atoms with van der Waals surface area (Å²) in [5, 5.41) is 14.4. The molecule has 0 aromatic carbocycles. The van der Waals surface area contributed by atoms with Crippen molar-refractivity contribution in [2.75, 3.05) is 27.2 Å². The summed E-state index contributed by atoms with van der Waals surface area (Å²) >= 11 is 0. The number of hydrogen-bond acceptors (Lipinski definition) is 2. The quantitative estimate of drug-likeness (QED) is 0.225. The van der Waals surface area contributed by atoms with Gasteiger partial charge in [0.25, 0.3) is 0 Å². The van der Waals surface area contributed by atoms with Crippen molar-refractivity contribution in [1.29, 1.82) is 0 Å². The number of rotatable bonds is 17. The van der Waals surface area contributed by atoms with Gasteiger partial charge in [-0.1, -0.05) is 64.7 Å². The van der Waals surface area contributed by atoms with Crippen LogP contribution < -0.4 is 5.32 Å². The van der Waals surface area contributed by atoms with Crippen molar-refractivity contribution in [3.05, 3.63) is 5.21 Å². The standard InChI is InChI=1S/C20H42N2O2/c1-4-5-6-7-8-9-10-11-14-17-20(23)21-18-15-12-13-16-19-22(2,3)24/h4-19H2,1-3H3,(H,21,23). The molecule has 0 unspecified atom stereocenters. The van der Waals surface area contributed by atoms with Crippen molar-refractivity contribution < 1.29 is 9.44 Å². The van der Waals surface area contributed by atoms with E-state index in [2.05, 4.69) is 12.2 Å². The Kier molecular flexibility index (Phi) is 15.5. The van der Waals surface area contributed by atoms with Gasteiger partial charge >= 0.3 is 0 Å².